The van der Waals surface area contributed by atoms with Crippen molar-refractivity contribution in [2.24, 2.45) is 5.92 Å². The molecule has 0 spiro atoms. The third-order valence-electron chi connectivity index (χ3n) is 2.97. The van der Waals surface area contributed by atoms with E-state index in [0.29, 0.717) is 12.0 Å². The summed E-state index contributed by atoms with van der Waals surface area (Å²) in [6, 6.07) is 8.68. The SMILES string of the molecule is CCCCOc1ccccc1C(C)NCC(C)C. The molecule has 18 heavy (non-hydrogen) atoms. The number of hydrogen-bond donors (Lipinski definition) is 1. The van der Waals surface area contributed by atoms with Gasteiger partial charge in [0.15, 0.2) is 0 Å². The van der Waals surface area contributed by atoms with E-state index in [0.717, 1.165) is 25.3 Å². The molecule has 0 amide bonds. The average molecular weight is 249 g/mol. The number of nitrogens with one attached hydrogen (secondary N) is 1. The van der Waals surface area contributed by atoms with Crippen LogP contribution in [-0.4, -0.2) is 13.2 Å². The highest BCUT2D eigenvalue weighted by molar-refractivity contribution is 5.35. The van der Waals surface area contributed by atoms with Crippen LogP contribution in [0, 0.1) is 5.92 Å². The molecular formula is C16H27NO. The van der Waals surface area contributed by atoms with Crippen molar-refractivity contribution in [3.63, 3.8) is 0 Å². The van der Waals surface area contributed by atoms with E-state index in [9.17, 15) is 0 Å². The van der Waals surface area contributed by atoms with Gasteiger partial charge in [0.25, 0.3) is 0 Å². The van der Waals surface area contributed by atoms with Crippen LogP contribution in [0.4, 0.5) is 0 Å². The lowest BCUT2D eigenvalue weighted by Crippen LogP contribution is -2.23. The summed E-state index contributed by atoms with van der Waals surface area (Å²) in [5.74, 6) is 1.69. The van der Waals surface area contributed by atoms with Gasteiger partial charge in [0, 0.05) is 11.6 Å². The Balaban J connectivity index is 2.62. The molecule has 0 saturated carbocycles. The van der Waals surface area contributed by atoms with Crippen molar-refractivity contribution < 1.29 is 4.74 Å². The van der Waals surface area contributed by atoms with Gasteiger partial charge in [0.1, 0.15) is 5.75 Å². The van der Waals surface area contributed by atoms with E-state index in [2.05, 4.69) is 51.2 Å². The van der Waals surface area contributed by atoms with Crippen molar-refractivity contribution in [2.45, 2.75) is 46.6 Å². The van der Waals surface area contributed by atoms with E-state index in [1.165, 1.54) is 12.0 Å². The molecule has 1 aromatic carbocycles. The molecule has 0 bridgehead atoms. The minimum Gasteiger partial charge on any atom is -0.493 e. The van der Waals surface area contributed by atoms with Crippen molar-refractivity contribution in [1.82, 2.24) is 5.32 Å². The molecule has 0 fully saturated rings. The number of ether oxygens (including phenoxy) is 1. The molecule has 1 rings (SSSR count). The van der Waals surface area contributed by atoms with E-state index in [-0.39, 0.29) is 0 Å². The van der Waals surface area contributed by atoms with Crippen LogP contribution in [0.25, 0.3) is 0 Å². The summed E-state index contributed by atoms with van der Waals surface area (Å²) in [7, 11) is 0. The van der Waals surface area contributed by atoms with Crippen molar-refractivity contribution in [3.8, 4) is 5.75 Å². The van der Waals surface area contributed by atoms with Gasteiger partial charge in [-0.1, -0.05) is 45.4 Å². The standard InChI is InChI=1S/C16H27NO/c1-5-6-11-18-16-10-8-7-9-15(16)14(4)17-12-13(2)3/h7-10,13-14,17H,5-6,11-12H2,1-4H3. The summed E-state index contributed by atoms with van der Waals surface area (Å²) < 4.78 is 5.87. The van der Waals surface area contributed by atoms with Crippen LogP contribution in [-0.2, 0) is 0 Å². The molecule has 0 radical (unpaired) electrons. The largest absolute Gasteiger partial charge is 0.493 e. The summed E-state index contributed by atoms with van der Waals surface area (Å²) >= 11 is 0. The molecule has 1 N–H and O–H groups in total. The van der Waals surface area contributed by atoms with E-state index >= 15 is 0 Å². The first-order chi connectivity index (χ1) is 8.65. The number of para-hydroxylation sites is 1. The highest BCUT2D eigenvalue weighted by Gasteiger charge is 2.10. The minimum atomic E-state index is 0.338. The van der Waals surface area contributed by atoms with Gasteiger partial charge in [-0.15, -0.1) is 0 Å². The molecule has 2 nitrogen and oxygen atoms in total. The molecule has 0 heterocycles. The Morgan fingerprint density at radius 1 is 1.17 bits per heavy atom. The second kappa shape index (κ2) is 8.15. The second-order valence-electron chi connectivity index (χ2n) is 5.26. The summed E-state index contributed by atoms with van der Waals surface area (Å²) in [5.41, 5.74) is 1.26. The molecule has 0 aliphatic carbocycles. The molecule has 0 aromatic heterocycles. The first kappa shape index (κ1) is 15.0. The van der Waals surface area contributed by atoms with Crippen LogP contribution >= 0.6 is 0 Å². The lowest BCUT2D eigenvalue weighted by atomic mass is 10.1. The molecule has 1 atom stereocenters. The number of unbranched alkanes of at least 4 members (excludes halogenated alkanes) is 1. The smallest absolute Gasteiger partial charge is 0.124 e. The van der Waals surface area contributed by atoms with Crippen molar-refractivity contribution in [1.29, 1.82) is 0 Å². The fraction of sp³-hybridized carbons (Fsp3) is 0.625. The Bertz CT molecular complexity index is 336. The quantitative estimate of drug-likeness (QED) is 0.698. The summed E-state index contributed by atoms with van der Waals surface area (Å²) in [6.07, 6.45) is 2.28. The fourth-order valence-corrected chi connectivity index (χ4v) is 1.82. The van der Waals surface area contributed by atoms with Crippen LogP contribution in [0.3, 0.4) is 0 Å². The first-order valence-corrected chi connectivity index (χ1v) is 7.10. The molecule has 102 valence electrons. The Morgan fingerprint density at radius 2 is 1.89 bits per heavy atom. The van der Waals surface area contributed by atoms with E-state index in [1.807, 2.05) is 6.07 Å². The number of hydrogen-bond acceptors (Lipinski definition) is 2. The van der Waals surface area contributed by atoms with Gasteiger partial charge in [0.05, 0.1) is 6.61 Å². The van der Waals surface area contributed by atoms with Crippen LogP contribution in [0.1, 0.15) is 52.1 Å². The van der Waals surface area contributed by atoms with E-state index < -0.39 is 0 Å². The summed E-state index contributed by atoms with van der Waals surface area (Å²) in [4.78, 5) is 0. The maximum absolute atomic E-state index is 5.87. The zero-order valence-electron chi connectivity index (χ0n) is 12.2. The molecular weight excluding hydrogens is 222 g/mol. The molecule has 0 saturated heterocycles. The second-order valence-corrected chi connectivity index (χ2v) is 5.26. The van der Waals surface area contributed by atoms with Gasteiger partial charge in [-0.3, -0.25) is 0 Å². The fourth-order valence-electron chi connectivity index (χ4n) is 1.82. The van der Waals surface area contributed by atoms with E-state index in [4.69, 9.17) is 4.74 Å². The molecule has 0 aliphatic rings. The van der Waals surface area contributed by atoms with Crippen LogP contribution < -0.4 is 10.1 Å². The zero-order chi connectivity index (χ0) is 13.4. The van der Waals surface area contributed by atoms with Gasteiger partial charge in [-0.25, -0.2) is 0 Å². The predicted molar refractivity (Wildman–Crippen MR) is 78.1 cm³/mol. The van der Waals surface area contributed by atoms with Crippen molar-refractivity contribution in [2.75, 3.05) is 13.2 Å². The molecule has 2 heteroatoms. The molecule has 0 aliphatic heterocycles. The Hall–Kier alpha value is -1.02. The Labute approximate surface area is 112 Å². The highest BCUT2D eigenvalue weighted by atomic mass is 16.5. The third kappa shape index (κ3) is 5.09. The Kier molecular flexibility index (Phi) is 6.81. The van der Waals surface area contributed by atoms with Gasteiger partial charge in [-0.05, 0) is 31.9 Å². The molecule has 1 aromatic rings. The maximum Gasteiger partial charge on any atom is 0.124 e. The lowest BCUT2D eigenvalue weighted by Gasteiger charge is -2.19. The van der Waals surface area contributed by atoms with Crippen LogP contribution in [0.2, 0.25) is 0 Å². The average Bonchev–Trinajstić information content (AvgIpc) is 2.37. The van der Waals surface area contributed by atoms with Gasteiger partial charge >= 0.3 is 0 Å². The normalized spacial score (nSPS) is 12.7. The monoisotopic (exact) mass is 249 g/mol. The topological polar surface area (TPSA) is 21.3 Å². The van der Waals surface area contributed by atoms with Crippen molar-refractivity contribution >= 4 is 0 Å². The van der Waals surface area contributed by atoms with Crippen LogP contribution in [0.5, 0.6) is 5.75 Å². The summed E-state index contributed by atoms with van der Waals surface area (Å²) in [6.45, 7) is 10.7. The zero-order valence-corrected chi connectivity index (χ0v) is 12.2. The van der Waals surface area contributed by atoms with E-state index in [1.54, 1.807) is 0 Å². The van der Waals surface area contributed by atoms with Gasteiger partial charge < -0.3 is 10.1 Å². The van der Waals surface area contributed by atoms with Gasteiger partial charge in [-0.2, -0.15) is 0 Å². The van der Waals surface area contributed by atoms with Gasteiger partial charge in [0.2, 0.25) is 0 Å². The highest BCUT2D eigenvalue weighted by Crippen LogP contribution is 2.25. The predicted octanol–water partition coefficient (Wildman–Crippen LogP) is 4.17. The number of rotatable bonds is 8. The van der Waals surface area contributed by atoms with Crippen LogP contribution in [0.15, 0.2) is 24.3 Å². The first-order valence-electron chi connectivity index (χ1n) is 7.10. The van der Waals surface area contributed by atoms with Crippen molar-refractivity contribution in [3.05, 3.63) is 29.8 Å². The lowest BCUT2D eigenvalue weighted by molar-refractivity contribution is 0.302. The third-order valence-corrected chi connectivity index (χ3v) is 2.97. The minimum absolute atomic E-state index is 0.338. The molecule has 1 unspecified atom stereocenters. The maximum atomic E-state index is 5.87. The Morgan fingerprint density at radius 3 is 2.56 bits per heavy atom. The summed E-state index contributed by atoms with van der Waals surface area (Å²) in [5, 5.41) is 3.55. The number of benzene rings is 1.